The Hall–Kier alpha value is -1.80. The molecule has 0 spiro atoms. The number of nitrogens with zero attached hydrogens (tertiary/aromatic N) is 4. The molecule has 2 N–H and O–H groups in total. The van der Waals surface area contributed by atoms with E-state index in [2.05, 4.69) is 20.8 Å². The van der Waals surface area contributed by atoms with Gasteiger partial charge in [-0.3, -0.25) is 4.79 Å². The first kappa shape index (κ1) is 13.6. The lowest BCUT2D eigenvalue weighted by atomic mass is 10.0. The zero-order valence-corrected chi connectivity index (χ0v) is 11.5. The van der Waals surface area contributed by atoms with Crippen LogP contribution in [-0.2, 0) is 0 Å². The van der Waals surface area contributed by atoms with E-state index in [1.807, 2.05) is 6.92 Å². The molecule has 1 atom stereocenters. The van der Waals surface area contributed by atoms with Gasteiger partial charge in [-0.2, -0.15) is 4.68 Å². The molecule has 0 aliphatic carbocycles. The minimum absolute atomic E-state index is 0.204. The molecule has 2 rings (SSSR count). The Kier molecular flexibility index (Phi) is 3.91. The minimum Gasteiger partial charge on any atom is -0.388 e. The number of aliphatic hydroxyl groups is 1. The SMILES string of the molecule is CCC(C)(O)CNC(=O)c1sccc1-n1cnnn1. The summed E-state index contributed by atoms with van der Waals surface area (Å²) in [6.45, 7) is 3.75. The van der Waals surface area contributed by atoms with Crippen LogP contribution < -0.4 is 5.32 Å². The van der Waals surface area contributed by atoms with Crippen LogP contribution in [-0.4, -0.2) is 43.4 Å². The summed E-state index contributed by atoms with van der Waals surface area (Å²) < 4.78 is 1.43. The fourth-order valence-electron chi connectivity index (χ4n) is 1.40. The number of tetrazole rings is 1. The lowest BCUT2D eigenvalue weighted by Crippen LogP contribution is -2.40. The Morgan fingerprint density at radius 3 is 3.05 bits per heavy atom. The van der Waals surface area contributed by atoms with E-state index in [9.17, 15) is 9.90 Å². The highest BCUT2D eigenvalue weighted by atomic mass is 32.1. The molecule has 0 radical (unpaired) electrons. The summed E-state index contributed by atoms with van der Waals surface area (Å²) in [7, 11) is 0. The fraction of sp³-hybridized carbons (Fsp3) is 0.455. The zero-order chi connectivity index (χ0) is 13.9. The second-order valence-corrected chi connectivity index (χ2v) is 5.34. The number of hydrogen-bond acceptors (Lipinski definition) is 6. The van der Waals surface area contributed by atoms with Gasteiger partial charge < -0.3 is 10.4 Å². The van der Waals surface area contributed by atoms with Crippen molar-refractivity contribution >= 4 is 17.2 Å². The van der Waals surface area contributed by atoms with Gasteiger partial charge in [0.05, 0.1) is 11.3 Å². The maximum Gasteiger partial charge on any atom is 0.263 e. The molecule has 7 nitrogen and oxygen atoms in total. The Morgan fingerprint density at radius 2 is 2.42 bits per heavy atom. The Balaban J connectivity index is 2.11. The number of nitrogens with one attached hydrogen (secondary N) is 1. The van der Waals surface area contributed by atoms with Crippen LogP contribution in [0.25, 0.3) is 5.69 Å². The first-order chi connectivity index (χ1) is 9.03. The predicted octanol–water partition coefficient (Wildman–Crippen LogP) is 0.615. The molecule has 0 aromatic carbocycles. The van der Waals surface area contributed by atoms with Crippen molar-refractivity contribution in [2.45, 2.75) is 25.9 Å². The molecular formula is C11H15N5O2S. The van der Waals surface area contributed by atoms with Crippen LogP contribution >= 0.6 is 11.3 Å². The number of carbonyl (C=O) groups is 1. The highest BCUT2D eigenvalue weighted by molar-refractivity contribution is 7.12. The van der Waals surface area contributed by atoms with Crippen molar-refractivity contribution in [2.75, 3.05) is 6.54 Å². The molecule has 1 amide bonds. The molecule has 8 heteroatoms. The highest BCUT2D eigenvalue weighted by Gasteiger charge is 2.21. The minimum atomic E-state index is -0.901. The van der Waals surface area contributed by atoms with Gasteiger partial charge in [0.1, 0.15) is 11.2 Å². The normalized spacial score (nSPS) is 14.1. The molecule has 0 aliphatic heterocycles. The number of hydrogen-bond donors (Lipinski definition) is 2. The molecule has 0 aliphatic rings. The fourth-order valence-corrected chi connectivity index (χ4v) is 2.20. The van der Waals surface area contributed by atoms with Gasteiger partial charge in [-0.25, -0.2) is 0 Å². The van der Waals surface area contributed by atoms with Crippen molar-refractivity contribution in [3.63, 3.8) is 0 Å². The van der Waals surface area contributed by atoms with Crippen molar-refractivity contribution in [3.05, 3.63) is 22.7 Å². The molecular weight excluding hydrogens is 266 g/mol. The van der Waals surface area contributed by atoms with E-state index in [0.717, 1.165) is 0 Å². The van der Waals surface area contributed by atoms with Gasteiger partial charge in [-0.15, -0.1) is 16.4 Å². The van der Waals surface area contributed by atoms with E-state index >= 15 is 0 Å². The molecule has 19 heavy (non-hydrogen) atoms. The van der Waals surface area contributed by atoms with Crippen molar-refractivity contribution in [3.8, 4) is 5.69 Å². The predicted molar refractivity (Wildman–Crippen MR) is 70.3 cm³/mol. The number of thiophene rings is 1. The summed E-state index contributed by atoms with van der Waals surface area (Å²) in [5, 5.41) is 25.2. The van der Waals surface area contributed by atoms with E-state index in [4.69, 9.17) is 0 Å². The van der Waals surface area contributed by atoms with Gasteiger partial charge in [0, 0.05) is 6.54 Å². The molecule has 2 aromatic heterocycles. The average Bonchev–Trinajstić information content (AvgIpc) is 3.05. The number of aromatic nitrogens is 4. The first-order valence-electron chi connectivity index (χ1n) is 5.85. The molecule has 0 saturated carbocycles. The largest absolute Gasteiger partial charge is 0.388 e. The van der Waals surface area contributed by atoms with Gasteiger partial charge in [-0.05, 0) is 35.2 Å². The molecule has 2 aromatic rings. The van der Waals surface area contributed by atoms with Gasteiger partial charge in [0.25, 0.3) is 5.91 Å². The van der Waals surface area contributed by atoms with Gasteiger partial charge in [0.2, 0.25) is 0 Å². The summed E-state index contributed by atoms with van der Waals surface area (Å²) in [6, 6.07) is 1.77. The number of amides is 1. The van der Waals surface area contributed by atoms with Gasteiger partial charge in [-0.1, -0.05) is 6.92 Å². The molecule has 2 heterocycles. The Bertz CT molecular complexity index is 549. The van der Waals surface area contributed by atoms with Crippen LogP contribution in [0.2, 0.25) is 0 Å². The molecule has 1 unspecified atom stereocenters. The van der Waals surface area contributed by atoms with E-state index in [1.54, 1.807) is 18.4 Å². The lowest BCUT2D eigenvalue weighted by molar-refractivity contribution is 0.0519. The molecule has 102 valence electrons. The van der Waals surface area contributed by atoms with Gasteiger partial charge >= 0.3 is 0 Å². The third-order valence-electron chi connectivity index (χ3n) is 2.84. The third-order valence-corrected chi connectivity index (χ3v) is 3.74. The van der Waals surface area contributed by atoms with Crippen molar-refractivity contribution in [1.29, 1.82) is 0 Å². The van der Waals surface area contributed by atoms with E-state index in [0.29, 0.717) is 17.0 Å². The van der Waals surface area contributed by atoms with Crippen LogP contribution in [0, 0.1) is 0 Å². The van der Waals surface area contributed by atoms with Crippen LogP contribution in [0.15, 0.2) is 17.8 Å². The van der Waals surface area contributed by atoms with E-state index in [1.165, 1.54) is 22.3 Å². The van der Waals surface area contributed by atoms with E-state index in [-0.39, 0.29) is 12.5 Å². The summed E-state index contributed by atoms with van der Waals surface area (Å²) in [5.74, 6) is -0.241. The quantitative estimate of drug-likeness (QED) is 0.838. The van der Waals surface area contributed by atoms with Gasteiger partial charge in [0.15, 0.2) is 0 Å². The second kappa shape index (κ2) is 5.45. The molecule has 0 saturated heterocycles. The molecule has 0 bridgehead atoms. The number of rotatable bonds is 5. The maximum absolute atomic E-state index is 12.1. The Labute approximate surface area is 114 Å². The summed E-state index contributed by atoms with van der Waals surface area (Å²) >= 11 is 1.30. The van der Waals surface area contributed by atoms with Crippen LogP contribution in [0.4, 0.5) is 0 Å². The summed E-state index contributed by atoms with van der Waals surface area (Å²) in [5.41, 5.74) is -0.273. The third kappa shape index (κ3) is 3.15. The highest BCUT2D eigenvalue weighted by Crippen LogP contribution is 2.20. The average molecular weight is 281 g/mol. The first-order valence-corrected chi connectivity index (χ1v) is 6.73. The summed E-state index contributed by atoms with van der Waals surface area (Å²) in [6.07, 6.45) is 2.00. The topological polar surface area (TPSA) is 92.9 Å². The Morgan fingerprint density at radius 1 is 1.63 bits per heavy atom. The maximum atomic E-state index is 12.1. The monoisotopic (exact) mass is 281 g/mol. The van der Waals surface area contributed by atoms with Crippen molar-refractivity contribution < 1.29 is 9.90 Å². The summed E-state index contributed by atoms with van der Waals surface area (Å²) in [4.78, 5) is 12.6. The van der Waals surface area contributed by atoms with E-state index < -0.39 is 5.60 Å². The van der Waals surface area contributed by atoms with Crippen molar-refractivity contribution in [1.82, 2.24) is 25.5 Å². The lowest BCUT2D eigenvalue weighted by Gasteiger charge is -2.21. The van der Waals surface area contributed by atoms with Crippen LogP contribution in [0.3, 0.4) is 0 Å². The smallest absolute Gasteiger partial charge is 0.263 e. The van der Waals surface area contributed by atoms with Crippen LogP contribution in [0.1, 0.15) is 29.9 Å². The molecule has 0 fully saturated rings. The number of carbonyl (C=O) groups excluding carboxylic acids is 1. The standard InChI is InChI=1S/C11H15N5O2S/c1-3-11(2,18)6-12-10(17)9-8(4-5-19-9)16-7-13-14-15-16/h4-5,7,18H,3,6H2,1-2H3,(H,12,17). The zero-order valence-electron chi connectivity index (χ0n) is 10.7. The van der Waals surface area contributed by atoms with Crippen molar-refractivity contribution in [2.24, 2.45) is 0 Å². The second-order valence-electron chi connectivity index (χ2n) is 4.42. The van der Waals surface area contributed by atoms with Crippen LogP contribution in [0.5, 0.6) is 0 Å².